The van der Waals surface area contributed by atoms with E-state index in [1.807, 2.05) is 50.2 Å². The number of ether oxygens (including phenoxy) is 2. The molecule has 4 nitrogen and oxygen atoms in total. The Morgan fingerprint density at radius 1 is 1.11 bits per heavy atom. The van der Waals surface area contributed by atoms with E-state index in [-0.39, 0.29) is 12.0 Å². The van der Waals surface area contributed by atoms with Crippen LogP contribution in [0.5, 0.6) is 5.75 Å². The summed E-state index contributed by atoms with van der Waals surface area (Å²) in [6.07, 6.45) is 3.77. The number of unbranched alkanes of at least 4 members (excludes halogenated alkanes) is 1. The molecule has 0 unspecified atom stereocenters. The van der Waals surface area contributed by atoms with Gasteiger partial charge in [-0.2, -0.15) is 0 Å². The number of hydrogen-bond acceptors (Lipinski definition) is 3. The minimum absolute atomic E-state index is 0.0986. The van der Waals surface area contributed by atoms with Crippen LogP contribution in [-0.4, -0.2) is 24.2 Å². The average Bonchev–Trinajstić information content (AvgIpc) is 2.68. The van der Waals surface area contributed by atoms with E-state index in [2.05, 4.69) is 26.1 Å². The number of amides is 1. The molecule has 0 aliphatic heterocycles. The number of benzene rings is 2. The maximum absolute atomic E-state index is 13.0. The van der Waals surface area contributed by atoms with Crippen LogP contribution < -0.4 is 10.1 Å². The Hall–Kier alpha value is -2.07. The second kappa shape index (κ2) is 9.75. The van der Waals surface area contributed by atoms with Crippen LogP contribution >= 0.6 is 0 Å². The summed E-state index contributed by atoms with van der Waals surface area (Å²) >= 11 is 0. The number of carbonyl (C=O) groups is 1. The highest BCUT2D eigenvalue weighted by atomic mass is 16.5. The minimum Gasteiger partial charge on any atom is -0.490 e. The molecule has 4 heteroatoms. The van der Waals surface area contributed by atoms with Gasteiger partial charge in [0, 0.05) is 23.1 Å². The first kappa shape index (κ1) is 21.2. The van der Waals surface area contributed by atoms with E-state index in [9.17, 15) is 4.79 Å². The van der Waals surface area contributed by atoms with Crippen LogP contribution in [-0.2, 0) is 9.53 Å². The molecule has 2 aromatic carbocycles. The molecular formula is C23H33NO3. The molecule has 0 aliphatic rings. The third-order valence-corrected chi connectivity index (χ3v) is 4.99. The van der Waals surface area contributed by atoms with E-state index in [1.54, 1.807) is 0 Å². The van der Waals surface area contributed by atoms with Gasteiger partial charge in [0.2, 0.25) is 0 Å². The van der Waals surface area contributed by atoms with Crippen LogP contribution in [0.25, 0.3) is 10.8 Å². The molecule has 0 bridgehead atoms. The lowest BCUT2D eigenvalue weighted by atomic mass is 9.97. The van der Waals surface area contributed by atoms with Crippen molar-refractivity contribution >= 4 is 22.4 Å². The van der Waals surface area contributed by atoms with Crippen LogP contribution in [0.15, 0.2) is 36.4 Å². The molecule has 148 valence electrons. The van der Waals surface area contributed by atoms with Crippen molar-refractivity contribution in [1.29, 1.82) is 0 Å². The SMILES string of the molecule is CCCC[C@@](C)(OCC)C(=O)Nc1ccc(O[C@@H](C)CC)c2ccccc12. The molecule has 1 N–H and O–H groups in total. The van der Waals surface area contributed by atoms with Gasteiger partial charge >= 0.3 is 0 Å². The van der Waals surface area contributed by atoms with Gasteiger partial charge in [-0.3, -0.25) is 4.79 Å². The Balaban J connectivity index is 2.33. The molecule has 2 aromatic rings. The van der Waals surface area contributed by atoms with Gasteiger partial charge in [-0.15, -0.1) is 0 Å². The third kappa shape index (κ3) is 5.23. The molecule has 0 spiro atoms. The van der Waals surface area contributed by atoms with Crippen LogP contribution in [0.3, 0.4) is 0 Å². The second-order valence-corrected chi connectivity index (χ2v) is 7.22. The van der Waals surface area contributed by atoms with Crippen LogP contribution in [0.4, 0.5) is 5.69 Å². The lowest BCUT2D eigenvalue weighted by Gasteiger charge is -2.28. The molecule has 0 aliphatic carbocycles. The van der Waals surface area contributed by atoms with Crippen LogP contribution in [0, 0.1) is 0 Å². The van der Waals surface area contributed by atoms with Crippen molar-refractivity contribution in [3.63, 3.8) is 0 Å². The highest BCUT2D eigenvalue weighted by Gasteiger charge is 2.33. The molecule has 1 amide bonds. The number of anilines is 1. The van der Waals surface area contributed by atoms with Gasteiger partial charge in [0.1, 0.15) is 11.4 Å². The summed E-state index contributed by atoms with van der Waals surface area (Å²) in [5.74, 6) is 0.745. The van der Waals surface area contributed by atoms with Crippen molar-refractivity contribution in [3.05, 3.63) is 36.4 Å². The summed E-state index contributed by atoms with van der Waals surface area (Å²) in [5, 5.41) is 5.07. The van der Waals surface area contributed by atoms with E-state index in [1.165, 1.54) is 0 Å². The Labute approximate surface area is 163 Å². The fourth-order valence-corrected chi connectivity index (χ4v) is 3.12. The Bertz CT molecular complexity index is 758. The summed E-state index contributed by atoms with van der Waals surface area (Å²) < 4.78 is 11.9. The smallest absolute Gasteiger partial charge is 0.256 e. The normalized spacial score (nSPS) is 14.6. The topological polar surface area (TPSA) is 47.6 Å². The molecular weight excluding hydrogens is 338 g/mol. The number of rotatable bonds is 10. The molecule has 2 rings (SSSR count). The maximum Gasteiger partial charge on any atom is 0.256 e. The number of carbonyl (C=O) groups excluding carboxylic acids is 1. The van der Waals surface area contributed by atoms with Crippen molar-refractivity contribution in [2.24, 2.45) is 0 Å². The average molecular weight is 372 g/mol. The largest absolute Gasteiger partial charge is 0.490 e. The second-order valence-electron chi connectivity index (χ2n) is 7.22. The zero-order chi connectivity index (χ0) is 19.9. The summed E-state index contributed by atoms with van der Waals surface area (Å²) in [6, 6.07) is 11.9. The Morgan fingerprint density at radius 2 is 1.81 bits per heavy atom. The molecule has 0 radical (unpaired) electrons. The van der Waals surface area contributed by atoms with E-state index in [0.29, 0.717) is 13.0 Å². The van der Waals surface area contributed by atoms with Gasteiger partial charge in [0.15, 0.2) is 0 Å². The fourth-order valence-electron chi connectivity index (χ4n) is 3.12. The Morgan fingerprint density at radius 3 is 2.44 bits per heavy atom. The lowest BCUT2D eigenvalue weighted by molar-refractivity contribution is -0.139. The lowest BCUT2D eigenvalue weighted by Crippen LogP contribution is -2.42. The summed E-state index contributed by atoms with van der Waals surface area (Å²) in [7, 11) is 0. The van der Waals surface area contributed by atoms with E-state index < -0.39 is 5.60 Å². The van der Waals surface area contributed by atoms with Gasteiger partial charge in [-0.25, -0.2) is 0 Å². The molecule has 0 aromatic heterocycles. The third-order valence-electron chi connectivity index (χ3n) is 4.99. The van der Waals surface area contributed by atoms with E-state index >= 15 is 0 Å². The number of hydrogen-bond donors (Lipinski definition) is 1. The number of fused-ring (bicyclic) bond motifs is 1. The van der Waals surface area contributed by atoms with Crippen molar-refractivity contribution in [1.82, 2.24) is 0 Å². The zero-order valence-corrected chi connectivity index (χ0v) is 17.3. The molecule has 0 fully saturated rings. The molecule has 27 heavy (non-hydrogen) atoms. The van der Waals surface area contributed by atoms with Gasteiger partial charge in [-0.1, -0.05) is 51.0 Å². The summed E-state index contributed by atoms with van der Waals surface area (Å²) in [5.41, 5.74) is -0.0351. The van der Waals surface area contributed by atoms with Crippen molar-refractivity contribution < 1.29 is 14.3 Å². The molecule has 0 heterocycles. The van der Waals surface area contributed by atoms with Gasteiger partial charge in [-0.05, 0) is 45.7 Å². The maximum atomic E-state index is 13.0. The van der Waals surface area contributed by atoms with Crippen molar-refractivity contribution in [2.75, 3.05) is 11.9 Å². The first-order valence-electron chi connectivity index (χ1n) is 10.1. The number of nitrogens with one attached hydrogen (secondary N) is 1. The monoisotopic (exact) mass is 371 g/mol. The van der Waals surface area contributed by atoms with E-state index in [4.69, 9.17) is 9.47 Å². The van der Waals surface area contributed by atoms with Gasteiger partial charge in [0.05, 0.1) is 6.10 Å². The predicted molar refractivity (Wildman–Crippen MR) is 113 cm³/mol. The standard InChI is InChI=1S/C23H33NO3/c1-6-9-16-23(5,26-8-3)22(25)24-20-14-15-21(27-17(4)7-2)19-13-11-10-12-18(19)20/h10-15,17H,6-9,16H2,1-5H3,(H,24,25)/t17-,23+/m0/s1. The molecule has 0 saturated carbocycles. The quantitative estimate of drug-likeness (QED) is 0.562. The highest BCUT2D eigenvalue weighted by Crippen LogP contribution is 2.33. The van der Waals surface area contributed by atoms with E-state index in [0.717, 1.165) is 41.5 Å². The van der Waals surface area contributed by atoms with Crippen molar-refractivity contribution in [3.8, 4) is 5.75 Å². The van der Waals surface area contributed by atoms with Crippen LogP contribution in [0.2, 0.25) is 0 Å². The first-order chi connectivity index (χ1) is 12.9. The first-order valence-corrected chi connectivity index (χ1v) is 10.1. The predicted octanol–water partition coefficient (Wildman–Crippen LogP) is 5.94. The van der Waals surface area contributed by atoms with Gasteiger partial charge in [0.25, 0.3) is 5.91 Å². The fraction of sp³-hybridized carbons (Fsp3) is 0.522. The molecule has 0 saturated heterocycles. The minimum atomic E-state index is -0.822. The molecule has 2 atom stereocenters. The Kier molecular flexibility index (Phi) is 7.66. The highest BCUT2D eigenvalue weighted by molar-refractivity contribution is 6.06. The van der Waals surface area contributed by atoms with Gasteiger partial charge < -0.3 is 14.8 Å². The van der Waals surface area contributed by atoms with Crippen LogP contribution in [0.1, 0.15) is 60.3 Å². The summed E-state index contributed by atoms with van der Waals surface area (Å²) in [4.78, 5) is 13.0. The summed E-state index contributed by atoms with van der Waals surface area (Å²) in [6.45, 7) is 10.6. The zero-order valence-electron chi connectivity index (χ0n) is 17.3. The van der Waals surface area contributed by atoms with Crippen molar-refractivity contribution in [2.45, 2.75) is 72.0 Å².